The van der Waals surface area contributed by atoms with Gasteiger partial charge in [0.2, 0.25) is 10.0 Å². The molecule has 2 atom stereocenters. The monoisotopic (exact) mass is 412 g/mol. The SMILES string of the molecule is COc1ccc(C(=O)NCCS(=O)(=O)N[C@H]2C[C@H](C)CC(C)(C)C2)c(OC)c1. The number of sulfonamides is 1. The number of hydrogen-bond donors (Lipinski definition) is 2. The second-order valence-corrected chi connectivity index (χ2v) is 10.2. The van der Waals surface area contributed by atoms with Crippen molar-refractivity contribution in [2.45, 2.75) is 46.1 Å². The average molecular weight is 413 g/mol. The molecule has 2 N–H and O–H groups in total. The number of hydrogen-bond acceptors (Lipinski definition) is 5. The van der Waals surface area contributed by atoms with Gasteiger partial charge in [0.25, 0.3) is 5.91 Å². The molecule has 1 aliphatic rings. The first-order valence-electron chi connectivity index (χ1n) is 9.55. The first kappa shape index (κ1) is 22.5. The van der Waals surface area contributed by atoms with Gasteiger partial charge in [-0.05, 0) is 42.7 Å². The van der Waals surface area contributed by atoms with E-state index in [1.165, 1.54) is 14.2 Å². The molecule has 0 unspecified atom stereocenters. The summed E-state index contributed by atoms with van der Waals surface area (Å²) in [5.41, 5.74) is 0.459. The largest absolute Gasteiger partial charge is 0.497 e. The van der Waals surface area contributed by atoms with Crippen molar-refractivity contribution in [1.82, 2.24) is 10.0 Å². The van der Waals surface area contributed by atoms with E-state index in [1.807, 2.05) is 0 Å². The van der Waals surface area contributed by atoms with E-state index < -0.39 is 10.0 Å². The van der Waals surface area contributed by atoms with Gasteiger partial charge in [-0.15, -0.1) is 0 Å². The lowest BCUT2D eigenvalue weighted by atomic mass is 9.71. The van der Waals surface area contributed by atoms with Crippen LogP contribution in [0.1, 0.15) is 50.4 Å². The van der Waals surface area contributed by atoms with Gasteiger partial charge in [0, 0.05) is 18.7 Å². The molecule has 2 rings (SSSR count). The van der Waals surface area contributed by atoms with E-state index in [4.69, 9.17) is 9.47 Å². The smallest absolute Gasteiger partial charge is 0.255 e. The van der Waals surface area contributed by atoms with Crippen molar-refractivity contribution in [3.05, 3.63) is 23.8 Å². The standard InChI is InChI=1S/C20H32N2O5S/c1-14-10-15(13-20(2,3)12-14)22-28(24,25)9-8-21-19(23)17-7-6-16(26-4)11-18(17)27-5/h6-7,11,14-15,22H,8-10,12-13H2,1-5H3,(H,21,23)/t14-,15-/m0/s1. The Morgan fingerprint density at radius 1 is 1.21 bits per heavy atom. The molecule has 1 saturated carbocycles. The predicted molar refractivity (Wildman–Crippen MR) is 109 cm³/mol. The molecule has 0 saturated heterocycles. The highest BCUT2D eigenvalue weighted by Gasteiger charge is 2.33. The van der Waals surface area contributed by atoms with Crippen LogP contribution in [-0.4, -0.2) is 46.9 Å². The third kappa shape index (κ3) is 6.38. The molecule has 1 aromatic carbocycles. The zero-order valence-electron chi connectivity index (χ0n) is 17.4. The first-order valence-corrected chi connectivity index (χ1v) is 11.2. The molecule has 28 heavy (non-hydrogen) atoms. The van der Waals surface area contributed by atoms with Crippen molar-refractivity contribution < 1.29 is 22.7 Å². The highest BCUT2D eigenvalue weighted by Crippen LogP contribution is 2.38. The summed E-state index contributed by atoms with van der Waals surface area (Å²) in [7, 11) is -0.482. The van der Waals surface area contributed by atoms with Crippen LogP contribution in [-0.2, 0) is 10.0 Å². The lowest BCUT2D eigenvalue weighted by Crippen LogP contribution is -2.45. The Labute approximate surface area is 168 Å². The summed E-state index contributed by atoms with van der Waals surface area (Å²) in [4.78, 5) is 12.4. The molecule has 1 fully saturated rings. The van der Waals surface area contributed by atoms with Gasteiger partial charge in [0.1, 0.15) is 11.5 Å². The van der Waals surface area contributed by atoms with Crippen LogP contribution < -0.4 is 19.5 Å². The summed E-state index contributed by atoms with van der Waals surface area (Å²) >= 11 is 0. The molecular weight excluding hydrogens is 380 g/mol. The minimum absolute atomic E-state index is 0.0228. The van der Waals surface area contributed by atoms with Gasteiger partial charge in [-0.2, -0.15) is 0 Å². The fourth-order valence-electron chi connectivity index (χ4n) is 4.13. The Kier molecular flexibility index (Phi) is 7.33. The molecule has 0 spiro atoms. The Hall–Kier alpha value is -1.80. The Bertz CT molecular complexity index is 792. The summed E-state index contributed by atoms with van der Waals surface area (Å²) in [5, 5.41) is 2.65. The van der Waals surface area contributed by atoms with E-state index in [9.17, 15) is 13.2 Å². The highest BCUT2D eigenvalue weighted by atomic mass is 32.2. The van der Waals surface area contributed by atoms with Crippen molar-refractivity contribution >= 4 is 15.9 Å². The normalized spacial score (nSPS) is 21.8. The molecule has 0 aliphatic heterocycles. The van der Waals surface area contributed by atoms with Gasteiger partial charge in [0.05, 0.1) is 25.5 Å². The average Bonchev–Trinajstić information content (AvgIpc) is 2.58. The zero-order chi connectivity index (χ0) is 20.9. The Morgan fingerprint density at radius 2 is 1.93 bits per heavy atom. The number of benzene rings is 1. The predicted octanol–water partition coefficient (Wildman–Crippen LogP) is 2.57. The fourth-order valence-corrected chi connectivity index (χ4v) is 5.31. The Balaban J connectivity index is 1.90. The van der Waals surface area contributed by atoms with Crippen LogP contribution in [0.3, 0.4) is 0 Å². The summed E-state index contributed by atoms with van der Waals surface area (Å²) in [6.07, 6.45) is 2.77. The number of carbonyl (C=O) groups is 1. The number of carbonyl (C=O) groups excluding carboxylic acids is 1. The second kappa shape index (κ2) is 9.13. The summed E-state index contributed by atoms with van der Waals surface area (Å²) in [6, 6.07) is 4.80. The van der Waals surface area contributed by atoms with E-state index in [-0.39, 0.29) is 29.7 Å². The van der Waals surface area contributed by atoms with E-state index in [2.05, 4.69) is 30.8 Å². The molecule has 0 radical (unpaired) electrons. The minimum atomic E-state index is -3.48. The van der Waals surface area contributed by atoms with Gasteiger partial charge in [0.15, 0.2) is 0 Å². The lowest BCUT2D eigenvalue weighted by molar-refractivity contribution is 0.0953. The number of ether oxygens (including phenoxy) is 2. The number of rotatable bonds is 8. The Morgan fingerprint density at radius 3 is 2.54 bits per heavy atom. The molecule has 1 aliphatic carbocycles. The molecule has 8 heteroatoms. The molecular formula is C20H32N2O5S. The molecule has 0 bridgehead atoms. The highest BCUT2D eigenvalue weighted by molar-refractivity contribution is 7.89. The quantitative estimate of drug-likeness (QED) is 0.684. The second-order valence-electron chi connectivity index (χ2n) is 8.37. The zero-order valence-corrected chi connectivity index (χ0v) is 18.2. The molecule has 7 nitrogen and oxygen atoms in total. The van der Waals surface area contributed by atoms with Gasteiger partial charge in [-0.3, -0.25) is 4.79 Å². The van der Waals surface area contributed by atoms with Crippen LogP contribution in [0.4, 0.5) is 0 Å². The number of amides is 1. The van der Waals surface area contributed by atoms with E-state index >= 15 is 0 Å². The third-order valence-corrected chi connectivity index (χ3v) is 6.48. The molecule has 0 aromatic heterocycles. The summed E-state index contributed by atoms with van der Waals surface area (Å²) < 4.78 is 38.0. The van der Waals surface area contributed by atoms with Gasteiger partial charge in [-0.25, -0.2) is 13.1 Å². The molecule has 0 heterocycles. The minimum Gasteiger partial charge on any atom is -0.497 e. The van der Waals surface area contributed by atoms with Gasteiger partial charge < -0.3 is 14.8 Å². The molecule has 1 aromatic rings. The third-order valence-electron chi connectivity index (χ3n) is 5.04. The number of nitrogens with one attached hydrogen (secondary N) is 2. The maximum Gasteiger partial charge on any atom is 0.255 e. The summed E-state index contributed by atoms with van der Waals surface area (Å²) in [6.45, 7) is 6.53. The van der Waals surface area contributed by atoms with Crippen molar-refractivity contribution in [2.75, 3.05) is 26.5 Å². The van der Waals surface area contributed by atoms with E-state index in [0.29, 0.717) is 23.0 Å². The van der Waals surface area contributed by atoms with Crippen molar-refractivity contribution in [3.8, 4) is 11.5 Å². The van der Waals surface area contributed by atoms with Crippen molar-refractivity contribution in [1.29, 1.82) is 0 Å². The number of methoxy groups -OCH3 is 2. The lowest BCUT2D eigenvalue weighted by Gasteiger charge is -2.39. The molecule has 158 valence electrons. The fraction of sp³-hybridized carbons (Fsp3) is 0.650. The van der Waals surface area contributed by atoms with Crippen molar-refractivity contribution in [3.63, 3.8) is 0 Å². The maximum atomic E-state index is 12.4. The van der Waals surface area contributed by atoms with Crippen LogP contribution in [0, 0.1) is 11.3 Å². The van der Waals surface area contributed by atoms with Crippen LogP contribution in [0.25, 0.3) is 0 Å². The maximum absolute atomic E-state index is 12.4. The van der Waals surface area contributed by atoms with Crippen LogP contribution >= 0.6 is 0 Å². The van der Waals surface area contributed by atoms with Gasteiger partial charge in [-0.1, -0.05) is 20.8 Å². The van der Waals surface area contributed by atoms with Gasteiger partial charge >= 0.3 is 0 Å². The van der Waals surface area contributed by atoms with Crippen LogP contribution in [0.5, 0.6) is 11.5 Å². The van der Waals surface area contributed by atoms with E-state index in [0.717, 1.165) is 19.3 Å². The van der Waals surface area contributed by atoms with E-state index in [1.54, 1.807) is 18.2 Å². The molecule has 1 amide bonds. The van der Waals surface area contributed by atoms with Crippen LogP contribution in [0.15, 0.2) is 18.2 Å². The van der Waals surface area contributed by atoms with Crippen LogP contribution in [0.2, 0.25) is 0 Å². The van der Waals surface area contributed by atoms with Crippen molar-refractivity contribution in [2.24, 2.45) is 11.3 Å². The topological polar surface area (TPSA) is 93.7 Å². The first-order chi connectivity index (χ1) is 13.0. The summed E-state index contributed by atoms with van der Waals surface area (Å²) in [5.74, 6) is 0.879.